The molecule has 0 saturated heterocycles. The molecular weight excluding hydrogens is 558 g/mol. The topological polar surface area (TPSA) is 9.72 Å². The molecule has 3 nitrogen and oxygen atoms in total. The Morgan fingerprint density at radius 1 is 0.391 bits per heavy atom. The molecule has 0 aliphatic carbocycles. The molecule has 0 amide bonds. The molecular formula is C43H41N3. The Morgan fingerprint density at radius 3 is 1.15 bits per heavy atom. The maximum absolute atomic E-state index is 2.30. The fourth-order valence-corrected chi connectivity index (χ4v) is 6.13. The third-order valence-corrected chi connectivity index (χ3v) is 8.70. The summed E-state index contributed by atoms with van der Waals surface area (Å²) in [5, 5.41) is 0. The van der Waals surface area contributed by atoms with Gasteiger partial charge < -0.3 is 14.7 Å². The second-order valence-electron chi connectivity index (χ2n) is 11.6. The quantitative estimate of drug-likeness (QED) is 0.196. The molecule has 0 saturated carbocycles. The number of para-hydroxylation sites is 6. The van der Waals surface area contributed by atoms with Gasteiger partial charge in [0.1, 0.15) is 0 Å². The van der Waals surface area contributed by atoms with E-state index in [1.165, 1.54) is 56.4 Å². The van der Waals surface area contributed by atoms with E-state index in [2.05, 4.69) is 194 Å². The molecule has 2 aliphatic heterocycles. The minimum absolute atomic E-state index is 1.14. The van der Waals surface area contributed by atoms with Gasteiger partial charge in [0, 0.05) is 55.3 Å². The number of hydrogen-bond donors (Lipinski definition) is 0. The standard InChI is InChI=1S/C15H15N.C15H13N.C13H13N/c2*1-16-14-8-4-2-6-12(14)10-11-13-7-3-5-9-15(13)16;1-14(12-8-4-2-5-9-12)13-10-6-3-7-11-13/h2-9H,10-11H2,1H3;2-11H,1H3;2-11H,1H3. The van der Waals surface area contributed by atoms with Crippen molar-refractivity contribution < 1.29 is 0 Å². The normalized spacial score (nSPS) is 12.3. The third-order valence-electron chi connectivity index (χ3n) is 8.70. The van der Waals surface area contributed by atoms with Crippen LogP contribution in [0, 0.1) is 0 Å². The highest BCUT2D eigenvalue weighted by atomic mass is 15.1. The van der Waals surface area contributed by atoms with Crippen LogP contribution in [-0.4, -0.2) is 21.1 Å². The summed E-state index contributed by atoms with van der Waals surface area (Å²) in [5.41, 5.74) is 13.0. The van der Waals surface area contributed by atoms with Crippen LogP contribution in [0.2, 0.25) is 0 Å². The maximum atomic E-state index is 2.30. The van der Waals surface area contributed by atoms with E-state index in [1.807, 2.05) is 12.1 Å². The largest absolute Gasteiger partial charge is 0.345 e. The Balaban J connectivity index is 0.000000122. The second kappa shape index (κ2) is 14.5. The first-order chi connectivity index (χ1) is 22.6. The summed E-state index contributed by atoms with van der Waals surface area (Å²) < 4.78 is 0. The molecule has 0 spiro atoms. The number of anilines is 6. The molecule has 0 N–H and O–H groups in total. The van der Waals surface area contributed by atoms with Crippen LogP contribution in [0.15, 0.2) is 158 Å². The smallest absolute Gasteiger partial charge is 0.0481 e. The summed E-state index contributed by atoms with van der Waals surface area (Å²) in [4.78, 5) is 6.71. The zero-order valence-corrected chi connectivity index (χ0v) is 26.9. The molecule has 0 unspecified atom stereocenters. The van der Waals surface area contributed by atoms with Crippen molar-refractivity contribution in [3.8, 4) is 0 Å². The molecule has 3 heteroatoms. The summed E-state index contributed by atoms with van der Waals surface area (Å²) >= 11 is 0. The molecule has 0 atom stereocenters. The highest BCUT2D eigenvalue weighted by molar-refractivity contribution is 5.88. The van der Waals surface area contributed by atoms with Crippen molar-refractivity contribution in [3.05, 3.63) is 180 Å². The van der Waals surface area contributed by atoms with Gasteiger partial charge in [-0.15, -0.1) is 0 Å². The zero-order valence-electron chi connectivity index (χ0n) is 26.9. The van der Waals surface area contributed by atoms with E-state index >= 15 is 0 Å². The molecule has 228 valence electrons. The van der Waals surface area contributed by atoms with E-state index in [-0.39, 0.29) is 0 Å². The van der Waals surface area contributed by atoms with Crippen molar-refractivity contribution in [2.45, 2.75) is 12.8 Å². The second-order valence-corrected chi connectivity index (χ2v) is 11.6. The lowest BCUT2D eigenvalue weighted by Crippen LogP contribution is -2.10. The third kappa shape index (κ3) is 6.90. The number of nitrogens with zero attached hydrogens (tertiary/aromatic N) is 3. The first-order valence-electron chi connectivity index (χ1n) is 15.9. The van der Waals surface area contributed by atoms with Gasteiger partial charge in [0.15, 0.2) is 0 Å². The first kappa shape index (κ1) is 30.5. The van der Waals surface area contributed by atoms with E-state index in [9.17, 15) is 0 Å². The van der Waals surface area contributed by atoms with E-state index in [4.69, 9.17) is 0 Å². The van der Waals surface area contributed by atoms with Crippen molar-refractivity contribution >= 4 is 46.3 Å². The monoisotopic (exact) mass is 599 g/mol. The highest BCUT2D eigenvalue weighted by Gasteiger charge is 2.16. The van der Waals surface area contributed by atoms with Crippen molar-refractivity contribution in [2.75, 3.05) is 35.8 Å². The van der Waals surface area contributed by atoms with E-state index in [0.29, 0.717) is 0 Å². The number of aryl methyl sites for hydroxylation is 2. The van der Waals surface area contributed by atoms with Crippen LogP contribution in [0.5, 0.6) is 0 Å². The molecule has 0 fully saturated rings. The predicted octanol–water partition coefficient (Wildman–Crippen LogP) is 10.9. The van der Waals surface area contributed by atoms with Crippen LogP contribution in [-0.2, 0) is 12.8 Å². The summed E-state index contributed by atoms with van der Waals surface area (Å²) in [5.74, 6) is 0. The maximum Gasteiger partial charge on any atom is 0.0481 e. The Bertz CT molecular complexity index is 1760. The predicted molar refractivity (Wildman–Crippen MR) is 199 cm³/mol. The summed E-state index contributed by atoms with van der Waals surface area (Å²) in [6, 6.07) is 55.0. The molecule has 46 heavy (non-hydrogen) atoms. The van der Waals surface area contributed by atoms with Crippen molar-refractivity contribution in [1.29, 1.82) is 0 Å². The molecule has 8 rings (SSSR count). The Hall–Kier alpha value is -5.54. The van der Waals surface area contributed by atoms with Gasteiger partial charge in [-0.25, -0.2) is 0 Å². The van der Waals surface area contributed by atoms with Crippen molar-refractivity contribution in [2.24, 2.45) is 0 Å². The van der Waals surface area contributed by atoms with Gasteiger partial charge in [-0.3, -0.25) is 0 Å². The first-order valence-corrected chi connectivity index (χ1v) is 15.9. The van der Waals surface area contributed by atoms with Gasteiger partial charge in [0.05, 0.1) is 0 Å². The minimum Gasteiger partial charge on any atom is -0.345 e. The van der Waals surface area contributed by atoms with E-state index in [0.717, 1.165) is 12.8 Å². The van der Waals surface area contributed by atoms with Crippen LogP contribution in [0.3, 0.4) is 0 Å². The molecule has 0 radical (unpaired) electrons. The summed E-state index contributed by atoms with van der Waals surface area (Å²) in [6.45, 7) is 0. The number of fused-ring (bicyclic) bond motifs is 4. The molecule has 0 bridgehead atoms. The lowest BCUT2D eigenvalue weighted by Gasteiger charge is -2.21. The Labute approximate surface area is 274 Å². The van der Waals surface area contributed by atoms with Crippen LogP contribution >= 0.6 is 0 Å². The molecule has 0 aromatic heterocycles. The number of rotatable bonds is 2. The SMILES string of the molecule is CN(c1ccccc1)c1ccccc1.CN1c2ccccc2C=Cc2ccccc21.CN1c2ccccc2CCc2ccccc21. The number of benzene rings is 6. The molecule has 6 aromatic rings. The summed E-state index contributed by atoms with van der Waals surface area (Å²) in [6.07, 6.45) is 6.63. The summed E-state index contributed by atoms with van der Waals surface area (Å²) in [7, 11) is 6.35. The average molecular weight is 600 g/mol. The average Bonchev–Trinajstić information content (AvgIpc) is 3.37. The Kier molecular flexibility index (Phi) is 9.61. The molecule has 2 aliphatic rings. The zero-order chi connectivity index (χ0) is 31.7. The van der Waals surface area contributed by atoms with Gasteiger partial charge in [-0.2, -0.15) is 0 Å². The Morgan fingerprint density at radius 2 is 0.717 bits per heavy atom. The van der Waals surface area contributed by atoms with Gasteiger partial charge >= 0.3 is 0 Å². The fraction of sp³-hybridized carbons (Fsp3) is 0.116. The van der Waals surface area contributed by atoms with Crippen molar-refractivity contribution in [1.82, 2.24) is 0 Å². The van der Waals surface area contributed by atoms with Crippen LogP contribution in [0.4, 0.5) is 34.1 Å². The lowest BCUT2D eigenvalue weighted by molar-refractivity contribution is 0.977. The van der Waals surface area contributed by atoms with E-state index in [1.54, 1.807) is 0 Å². The van der Waals surface area contributed by atoms with Gasteiger partial charge in [-0.05, 0) is 83.6 Å². The van der Waals surface area contributed by atoms with Gasteiger partial charge in [0.2, 0.25) is 0 Å². The molecule has 6 aromatic carbocycles. The lowest BCUT2D eigenvalue weighted by atomic mass is 10.0. The fourth-order valence-electron chi connectivity index (χ4n) is 6.13. The minimum atomic E-state index is 1.14. The highest BCUT2D eigenvalue weighted by Crippen LogP contribution is 2.35. The van der Waals surface area contributed by atoms with Crippen molar-refractivity contribution in [3.63, 3.8) is 0 Å². The number of hydrogen-bond acceptors (Lipinski definition) is 3. The van der Waals surface area contributed by atoms with Gasteiger partial charge in [-0.1, -0.05) is 121 Å². The van der Waals surface area contributed by atoms with Gasteiger partial charge in [0.25, 0.3) is 0 Å². The molecule has 2 heterocycles. The van der Waals surface area contributed by atoms with Crippen LogP contribution in [0.25, 0.3) is 12.2 Å². The van der Waals surface area contributed by atoms with Crippen LogP contribution < -0.4 is 14.7 Å². The van der Waals surface area contributed by atoms with E-state index < -0.39 is 0 Å². The van der Waals surface area contributed by atoms with Crippen LogP contribution in [0.1, 0.15) is 22.3 Å².